The molecule has 0 unspecified atom stereocenters. The highest BCUT2D eigenvalue weighted by Crippen LogP contribution is 2.49. The average molecular weight is 211 g/mol. The Morgan fingerprint density at radius 1 is 1.07 bits per heavy atom. The van der Waals surface area contributed by atoms with Crippen LogP contribution in [0.2, 0.25) is 0 Å². The van der Waals surface area contributed by atoms with Crippen LogP contribution < -0.4 is 5.32 Å². The lowest BCUT2D eigenvalue weighted by atomic mass is 9.96. The van der Waals surface area contributed by atoms with Gasteiger partial charge in [0.05, 0.1) is 0 Å². The van der Waals surface area contributed by atoms with Crippen LogP contribution in [0.5, 0.6) is 0 Å². The van der Waals surface area contributed by atoms with Gasteiger partial charge in [0.25, 0.3) is 0 Å². The molecule has 0 saturated heterocycles. The number of nitrogens with one attached hydrogen (secondary N) is 1. The van der Waals surface area contributed by atoms with Crippen LogP contribution in [0.25, 0.3) is 0 Å². The first-order valence-electron chi connectivity index (χ1n) is 6.75. The van der Waals surface area contributed by atoms with Crippen molar-refractivity contribution in [3.8, 4) is 0 Å². The summed E-state index contributed by atoms with van der Waals surface area (Å²) in [6, 6.07) is 0. The largest absolute Gasteiger partial charge is 0.316 e. The summed E-state index contributed by atoms with van der Waals surface area (Å²) in [5.74, 6) is 1.67. The lowest BCUT2D eigenvalue weighted by Gasteiger charge is -2.17. The molecule has 0 amide bonds. The van der Waals surface area contributed by atoms with E-state index in [0.29, 0.717) is 5.41 Å². The van der Waals surface area contributed by atoms with Gasteiger partial charge in [0.2, 0.25) is 0 Å². The fourth-order valence-corrected chi connectivity index (χ4v) is 2.20. The highest BCUT2D eigenvalue weighted by molar-refractivity contribution is 4.94. The van der Waals surface area contributed by atoms with Gasteiger partial charge >= 0.3 is 0 Å². The molecule has 0 aliphatic heterocycles. The second-order valence-electron chi connectivity index (χ2n) is 6.31. The molecule has 0 radical (unpaired) electrons. The number of hydrogen-bond donors (Lipinski definition) is 1. The van der Waals surface area contributed by atoms with E-state index in [0.717, 1.165) is 11.8 Å². The first kappa shape index (κ1) is 13.0. The molecule has 0 aromatic heterocycles. The van der Waals surface area contributed by atoms with Gasteiger partial charge in [-0.15, -0.1) is 0 Å². The van der Waals surface area contributed by atoms with E-state index < -0.39 is 0 Å². The third-order valence-electron chi connectivity index (χ3n) is 3.50. The molecule has 1 N–H and O–H groups in total. The molecule has 1 nitrogen and oxygen atoms in total. The van der Waals surface area contributed by atoms with Crippen LogP contribution in [0, 0.1) is 17.3 Å². The summed E-state index contributed by atoms with van der Waals surface area (Å²) in [4.78, 5) is 0. The summed E-state index contributed by atoms with van der Waals surface area (Å²) in [5, 5.41) is 3.63. The lowest BCUT2D eigenvalue weighted by molar-refractivity contribution is 0.381. The first-order valence-corrected chi connectivity index (χ1v) is 6.75. The summed E-state index contributed by atoms with van der Waals surface area (Å²) in [5.41, 5.74) is 0.712. The highest BCUT2D eigenvalue weighted by Gasteiger charge is 2.41. The lowest BCUT2D eigenvalue weighted by Crippen LogP contribution is -2.27. The molecule has 1 heteroatoms. The topological polar surface area (TPSA) is 12.0 Å². The van der Waals surface area contributed by atoms with Crippen LogP contribution in [0.3, 0.4) is 0 Å². The molecule has 0 atom stereocenters. The van der Waals surface area contributed by atoms with Gasteiger partial charge in [0.1, 0.15) is 0 Å². The Hall–Kier alpha value is -0.0400. The second kappa shape index (κ2) is 5.89. The minimum absolute atomic E-state index is 0.712. The zero-order valence-corrected chi connectivity index (χ0v) is 11.1. The minimum atomic E-state index is 0.712. The maximum absolute atomic E-state index is 3.63. The van der Waals surface area contributed by atoms with E-state index >= 15 is 0 Å². The highest BCUT2D eigenvalue weighted by atomic mass is 14.9. The van der Waals surface area contributed by atoms with Crippen LogP contribution >= 0.6 is 0 Å². The van der Waals surface area contributed by atoms with Gasteiger partial charge in [-0.05, 0) is 43.1 Å². The third kappa shape index (κ3) is 5.55. The van der Waals surface area contributed by atoms with Crippen molar-refractivity contribution in [2.24, 2.45) is 17.3 Å². The van der Waals surface area contributed by atoms with Crippen molar-refractivity contribution in [2.45, 2.75) is 59.8 Å². The maximum Gasteiger partial charge on any atom is 0.000792 e. The van der Waals surface area contributed by atoms with Gasteiger partial charge in [0, 0.05) is 6.54 Å². The van der Waals surface area contributed by atoms with Crippen molar-refractivity contribution >= 4 is 0 Å². The summed E-state index contributed by atoms with van der Waals surface area (Å²) < 4.78 is 0. The molecular weight excluding hydrogens is 182 g/mol. The van der Waals surface area contributed by atoms with Crippen molar-refractivity contribution in [1.82, 2.24) is 5.32 Å². The Balaban J connectivity index is 2.06. The SMILES string of the molecule is CC(C)CCCC1(CNCC(C)C)CC1. The standard InChI is InChI=1S/C14H29N/c1-12(2)6-5-7-14(8-9-14)11-15-10-13(3)4/h12-13,15H,5-11H2,1-4H3. The fourth-order valence-electron chi connectivity index (χ4n) is 2.20. The van der Waals surface area contributed by atoms with E-state index in [1.807, 2.05) is 0 Å². The van der Waals surface area contributed by atoms with E-state index in [2.05, 4.69) is 33.0 Å². The monoisotopic (exact) mass is 211 g/mol. The van der Waals surface area contributed by atoms with Gasteiger partial charge in [0.15, 0.2) is 0 Å². The molecule has 0 bridgehead atoms. The van der Waals surface area contributed by atoms with Gasteiger partial charge in [-0.2, -0.15) is 0 Å². The zero-order chi connectivity index (χ0) is 11.3. The van der Waals surface area contributed by atoms with Gasteiger partial charge in [-0.1, -0.05) is 40.5 Å². The average Bonchev–Trinajstić information content (AvgIpc) is 2.84. The summed E-state index contributed by atoms with van der Waals surface area (Å²) in [7, 11) is 0. The molecule has 0 aromatic rings. The van der Waals surface area contributed by atoms with Crippen LogP contribution in [0.1, 0.15) is 59.8 Å². The fraction of sp³-hybridized carbons (Fsp3) is 1.00. The van der Waals surface area contributed by atoms with Crippen molar-refractivity contribution < 1.29 is 0 Å². The quantitative estimate of drug-likeness (QED) is 0.643. The van der Waals surface area contributed by atoms with E-state index in [4.69, 9.17) is 0 Å². The summed E-state index contributed by atoms with van der Waals surface area (Å²) >= 11 is 0. The molecule has 90 valence electrons. The molecule has 0 heterocycles. The molecule has 1 saturated carbocycles. The Morgan fingerprint density at radius 3 is 2.20 bits per heavy atom. The van der Waals surface area contributed by atoms with Crippen LogP contribution in [-0.2, 0) is 0 Å². The zero-order valence-electron chi connectivity index (χ0n) is 11.1. The van der Waals surface area contributed by atoms with Gasteiger partial charge in [-0.25, -0.2) is 0 Å². The van der Waals surface area contributed by atoms with E-state index in [1.165, 1.54) is 45.2 Å². The van der Waals surface area contributed by atoms with Crippen molar-refractivity contribution in [3.63, 3.8) is 0 Å². The third-order valence-corrected chi connectivity index (χ3v) is 3.50. The van der Waals surface area contributed by atoms with Crippen molar-refractivity contribution in [1.29, 1.82) is 0 Å². The Morgan fingerprint density at radius 2 is 1.73 bits per heavy atom. The van der Waals surface area contributed by atoms with Crippen molar-refractivity contribution in [2.75, 3.05) is 13.1 Å². The maximum atomic E-state index is 3.63. The predicted octanol–water partition coefficient (Wildman–Crippen LogP) is 3.84. The molecule has 1 rings (SSSR count). The molecule has 1 aliphatic rings. The smallest absolute Gasteiger partial charge is 0.000792 e. The van der Waals surface area contributed by atoms with E-state index in [-0.39, 0.29) is 0 Å². The number of hydrogen-bond acceptors (Lipinski definition) is 1. The van der Waals surface area contributed by atoms with E-state index in [9.17, 15) is 0 Å². The molecule has 15 heavy (non-hydrogen) atoms. The predicted molar refractivity (Wildman–Crippen MR) is 68.1 cm³/mol. The van der Waals surface area contributed by atoms with Gasteiger partial charge in [-0.3, -0.25) is 0 Å². The number of rotatable bonds is 8. The van der Waals surface area contributed by atoms with Gasteiger partial charge < -0.3 is 5.32 Å². The Labute approximate surface area is 96.0 Å². The van der Waals surface area contributed by atoms with Crippen molar-refractivity contribution in [3.05, 3.63) is 0 Å². The molecule has 1 aliphatic carbocycles. The van der Waals surface area contributed by atoms with Crippen LogP contribution in [0.4, 0.5) is 0 Å². The summed E-state index contributed by atoms with van der Waals surface area (Å²) in [6.07, 6.45) is 7.23. The van der Waals surface area contributed by atoms with Crippen LogP contribution in [-0.4, -0.2) is 13.1 Å². The molecule has 0 spiro atoms. The molecule has 0 aromatic carbocycles. The summed E-state index contributed by atoms with van der Waals surface area (Å²) in [6.45, 7) is 11.7. The van der Waals surface area contributed by atoms with E-state index in [1.54, 1.807) is 0 Å². The molecular formula is C14H29N. The molecule has 1 fully saturated rings. The first-order chi connectivity index (χ1) is 7.04. The normalized spacial score (nSPS) is 18.8. The minimum Gasteiger partial charge on any atom is -0.316 e. The Kier molecular flexibility index (Phi) is 5.11. The Bertz CT molecular complexity index is 152. The van der Waals surface area contributed by atoms with Crippen LogP contribution in [0.15, 0.2) is 0 Å². The second-order valence-corrected chi connectivity index (χ2v) is 6.31.